The van der Waals surface area contributed by atoms with Crippen LogP contribution in [0.25, 0.3) is 0 Å². The van der Waals surface area contributed by atoms with Crippen LogP contribution in [-0.2, 0) is 16.0 Å². The van der Waals surface area contributed by atoms with Crippen molar-refractivity contribution in [2.75, 3.05) is 20.2 Å². The standard InChI is InChI=1S/C18H21ClN4O3/c1-26-15(24)6-3-8-20-18(25)23-9-7-14-16(22-11-21-14)17(23)12-4-2-5-13(19)10-12/h2,4-5,10-11,17H,3,6-9H2,1H3,(H,20,25)(H,21,22). The first-order valence-corrected chi connectivity index (χ1v) is 8.87. The van der Waals surface area contributed by atoms with Gasteiger partial charge in [-0.2, -0.15) is 0 Å². The van der Waals surface area contributed by atoms with Crippen molar-refractivity contribution in [1.29, 1.82) is 0 Å². The number of nitrogens with zero attached hydrogens (tertiary/aromatic N) is 2. The molecule has 0 radical (unpaired) electrons. The molecule has 1 aliphatic heterocycles. The van der Waals surface area contributed by atoms with Crippen molar-refractivity contribution in [2.24, 2.45) is 0 Å². The Bertz CT molecular complexity index is 792. The van der Waals surface area contributed by atoms with E-state index in [9.17, 15) is 9.59 Å². The van der Waals surface area contributed by atoms with Crippen LogP contribution in [0, 0.1) is 0 Å². The number of urea groups is 1. The van der Waals surface area contributed by atoms with Crippen LogP contribution in [0.2, 0.25) is 5.02 Å². The number of methoxy groups -OCH3 is 1. The molecule has 1 aromatic heterocycles. The van der Waals surface area contributed by atoms with Crippen LogP contribution in [0.3, 0.4) is 0 Å². The summed E-state index contributed by atoms with van der Waals surface area (Å²) in [4.78, 5) is 33.2. The average Bonchev–Trinajstić information content (AvgIpc) is 3.12. The first kappa shape index (κ1) is 18.3. The Morgan fingerprint density at radius 3 is 3.08 bits per heavy atom. The van der Waals surface area contributed by atoms with Crippen LogP contribution >= 0.6 is 11.6 Å². The summed E-state index contributed by atoms with van der Waals surface area (Å²) >= 11 is 6.15. The lowest BCUT2D eigenvalue weighted by Gasteiger charge is -2.35. The smallest absolute Gasteiger partial charge is 0.318 e. The highest BCUT2D eigenvalue weighted by atomic mass is 35.5. The van der Waals surface area contributed by atoms with Crippen molar-refractivity contribution in [3.63, 3.8) is 0 Å². The minimum Gasteiger partial charge on any atom is -0.469 e. The van der Waals surface area contributed by atoms with Crippen molar-refractivity contribution >= 4 is 23.6 Å². The molecule has 0 spiro atoms. The molecule has 1 aromatic carbocycles. The van der Waals surface area contributed by atoms with Crippen LogP contribution < -0.4 is 5.32 Å². The van der Waals surface area contributed by atoms with E-state index in [-0.39, 0.29) is 24.5 Å². The number of ether oxygens (including phenoxy) is 1. The van der Waals surface area contributed by atoms with Gasteiger partial charge in [0, 0.05) is 36.6 Å². The molecule has 0 saturated carbocycles. The zero-order valence-corrected chi connectivity index (χ0v) is 15.3. The van der Waals surface area contributed by atoms with E-state index in [1.165, 1.54) is 7.11 Å². The minimum atomic E-state index is -0.302. The maximum Gasteiger partial charge on any atom is 0.318 e. The zero-order valence-electron chi connectivity index (χ0n) is 14.5. The second-order valence-corrected chi connectivity index (χ2v) is 6.52. The Labute approximate surface area is 156 Å². The van der Waals surface area contributed by atoms with Gasteiger partial charge in [-0.25, -0.2) is 9.78 Å². The van der Waals surface area contributed by atoms with Crippen molar-refractivity contribution in [3.05, 3.63) is 52.6 Å². The van der Waals surface area contributed by atoms with Crippen molar-refractivity contribution < 1.29 is 14.3 Å². The third-order valence-corrected chi connectivity index (χ3v) is 4.65. The first-order valence-electron chi connectivity index (χ1n) is 8.49. The molecular formula is C18H21ClN4O3. The van der Waals surface area contributed by atoms with Gasteiger partial charge in [0.2, 0.25) is 0 Å². The fourth-order valence-electron chi connectivity index (χ4n) is 3.14. The molecule has 0 fully saturated rings. The lowest BCUT2D eigenvalue weighted by molar-refractivity contribution is -0.140. The number of hydrogen-bond acceptors (Lipinski definition) is 4. The number of fused-ring (bicyclic) bond motifs is 1. The molecule has 0 bridgehead atoms. The number of hydrogen-bond donors (Lipinski definition) is 2. The number of nitrogens with one attached hydrogen (secondary N) is 2. The van der Waals surface area contributed by atoms with E-state index in [0.717, 1.165) is 17.0 Å². The molecule has 1 aliphatic rings. The molecule has 1 unspecified atom stereocenters. The normalized spacial score (nSPS) is 16.1. The largest absolute Gasteiger partial charge is 0.469 e. The Morgan fingerprint density at radius 1 is 1.46 bits per heavy atom. The number of aromatic nitrogens is 2. The summed E-state index contributed by atoms with van der Waals surface area (Å²) in [6.45, 7) is 0.968. The molecule has 2 amide bonds. The Morgan fingerprint density at radius 2 is 2.31 bits per heavy atom. The highest BCUT2D eigenvalue weighted by molar-refractivity contribution is 6.30. The number of carbonyl (C=O) groups is 2. The van der Waals surface area contributed by atoms with Crippen LogP contribution in [0.5, 0.6) is 0 Å². The van der Waals surface area contributed by atoms with E-state index in [4.69, 9.17) is 11.6 Å². The van der Waals surface area contributed by atoms with Crippen molar-refractivity contribution in [3.8, 4) is 0 Å². The number of carbonyl (C=O) groups excluding carboxylic acids is 2. The van der Waals surface area contributed by atoms with E-state index < -0.39 is 0 Å². The fourth-order valence-corrected chi connectivity index (χ4v) is 3.34. The van der Waals surface area contributed by atoms with Crippen LogP contribution in [-0.4, -0.2) is 47.1 Å². The van der Waals surface area contributed by atoms with E-state index in [2.05, 4.69) is 20.0 Å². The molecule has 3 rings (SSSR count). The SMILES string of the molecule is COC(=O)CCCNC(=O)N1CCc2[nH]cnc2C1c1cccc(Cl)c1. The summed E-state index contributed by atoms with van der Waals surface area (Å²) in [5, 5.41) is 3.49. The summed E-state index contributed by atoms with van der Waals surface area (Å²) in [6.07, 6.45) is 3.17. The van der Waals surface area contributed by atoms with Gasteiger partial charge in [0.15, 0.2) is 0 Å². The number of benzene rings is 1. The molecule has 26 heavy (non-hydrogen) atoms. The molecular weight excluding hydrogens is 356 g/mol. The minimum absolute atomic E-state index is 0.187. The molecule has 0 saturated heterocycles. The summed E-state index contributed by atoms with van der Waals surface area (Å²) in [5.41, 5.74) is 2.78. The van der Waals surface area contributed by atoms with Gasteiger partial charge in [0.05, 0.1) is 19.1 Å². The van der Waals surface area contributed by atoms with Gasteiger partial charge in [-0.3, -0.25) is 4.79 Å². The maximum atomic E-state index is 12.7. The quantitative estimate of drug-likeness (QED) is 0.620. The topological polar surface area (TPSA) is 87.3 Å². The molecule has 0 aliphatic carbocycles. The van der Waals surface area contributed by atoms with Gasteiger partial charge >= 0.3 is 12.0 Å². The fraction of sp³-hybridized carbons (Fsp3) is 0.389. The Balaban J connectivity index is 1.75. The molecule has 2 heterocycles. The number of aromatic amines is 1. The van der Waals surface area contributed by atoms with Crippen LogP contribution in [0.1, 0.15) is 35.8 Å². The lowest BCUT2D eigenvalue weighted by Crippen LogP contribution is -2.46. The molecule has 2 aromatic rings. The van der Waals surface area contributed by atoms with E-state index >= 15 is 0 Å². The number of rotatable bonds is 5. The highest BCUT2D eigenvalue weighted by Crippen LogP contribution is 2.34. The Kier molecular flexibility index (Phi) is 5.78. The molecule has 1 atom stereocenters. The number of amides is 2. The van der Waals surface area contributed by atoms with Gasteiger partial charge in [0.1, 0.15) is 6.04 Å². The molecule has 138 valence electrons. The zero-order chi connectivity index (χ0) is 18.5. The number of halogens is 1. The number of imidazole rings is 1. The third-order valence-electron chi connectivity index (χ3n) is 4.41. The van der Waals surface area contributed by atoms with E-state index in [1.807, 2.05) is 18.2 Å². The van der Waals surface area contributed by atoms with Gasteiger partial charge in [-0.1, -0.05) is 23.7 Å². The summed E-state index contributed by atoms with van der Waals surface area (Å²) in [5.74, 6) is -0.282. The lowest BCUT2D eigenvalue weighted by atomic mass is 9.96. The Hall–Kier alpha value is -2.54. The van der Waals surface area contributed by atoms with Crippen molar-refractivity contribution in [1.82, 2.24) is 20.2 Å². The number of esters is 1. The van der Waals surface area contributed by atoms with Crippen LogP contribution in [0.4, 0.5) is 4.79 Å². The average molecular weight is 377 g/mol. The summed E-state index contributed by atoms with van der Waals surface area (Å²) in [6, 6.07) is 6.98. The summed E-state index contributed by atoms with van der Waals surface area (Å²) in [7, 11) is 1.35. The highest BCUT2D eigenvalue weighted by Gasteiger charge is 2.34. The van der Waals surface area contributed by atoms with Crippen molar-refractivity contribution in [2.45, 2.75) is 25.3 Å². The van der Waals surface area contributed by atoms with Gasteiger partial charge in [-0.05, 0) is 24.1 Å². The van der Waals surface area contributed by atoms with Gasteiger partial charge < -0.3 is 19.9 Å². The first-order chi connectivity index (χ1) is 12.6. The number of H-pyrrole nitrogens is 1. The van der Waals surface area contributed by atoms with E-state index in [0.29, 0.717) is 31.0 Å². The second-order valence-electron chi connectivity index (χ2n) is 6.08. The maximum absolute atomic E-state index is 12.7. The monoisotopic (exact) mass is 376 g/mol. The summed E-state index contributed by atoms with van der Waals surface area (Å²) < 4.78 is 4.60. The van der Waals surface area contributed by atoms with E-state index in [1.54, 1.807) is 17.3 Å². The third kappa shape index (κ3) is 3.99. The van der Waals surface area contributed by atoms with Gasteiger partial charge in [-0.15, -0.1) is 0 Å². The van der Waals surface area contributed by atoms with Gasteiger partial charge in [0.25, 0.3) is 0 Å². The van der Waals surface area contributed by atoms with Crippen LogP contribution in [0.15, 0.2) is 30.6 Å². The molecule has 7 nitrogen and oxygen atoms in total. The molecule has 8 heteroatoms. The second kappa shape index (κ2) is 8.23. The predicted octanol–water partition coefficient (Wildman–Crippen LogP) is 2.67. The predicted molar refractivity (Wildman–Crippen MR) is 96.9 cm³/mol. The molecule has 2 N–H and O–H groups in total.